The van der Waals surface area contributed by atoms with Crippen LogP contribution in [0.5, 0.6) is 0 Å². The zero-order chi connectivity index (χ0) is 3.58. The summed E-state index contributed by atoms with van der Waals surface area (Å²) in [6.07, 6.45) is 0. The van der Waals surface area contributed by atoms with Crippen molar-refractivity contribution in [1.29, 1.82) is 0 Å². The maximum absolute atomic E-state index is 8.36. The largest absolute Gasteiger partial charge is 4.00 e. The molecule has 0 fully saturated rings. The van der Waals surface area contributed by atoms with E-state index in [-0.39, 0.29) is 31.1 Å². The summed E-state index contributed by atoms with van der Waals surface area (Å²) in [7, 11) is 0. The topological polar surface area (TPSA) is 63.4 Å². The average molecular weight is 301 g/mol. The number of rotatable bonds is 0. The Morgan fingerprint density at radius 3 is 1.80 bits per heavy atom. The maximum Gasteiger partial charge on any atom is 4.00 e. The Kier molecular flexibility index (Phi) is 7.64. The second-order valence-corrected chi connectivity index (χ2v) is 0.238. The summed E-state index contributed by atoms with van der Waals surface area (Å²) in [6, 6.07) is 0. The molecule has 0 bridgehead atoms. The molecular formula is HNO3U+4. The molecule has 1 N–H and O–H groups in total. The monoisotopic (exact) mass is 301 g/mol. The number of hydrogen-bond acceptors (Lipinski definition) is 2. The quantitative estimate of drug-likeness (QED) is 0.491. The van der Waals surface area contributed by atoms with Crippen LogP contribution in [0.3, 0.4) is 0 Å². The van der Waals surface area contributed by atoms with Gasteiger partial charge >= 0.3 is 31.1 Å². The molecule has 24 valence electrons. The van der Waals surface area contributed by atoms with E-state index in [9.17, 15) is 0 Å². The molecule has 0 heterocycles. The summed E-state index contributed by atoms with van der Waals surface area (Å²) in [5.41, 5.74) is 0. The van der Waals surface area contributed by atoms with Crippen LogP contribution in [0.25, 0.3) is 0 Å². The first-order valence-corrected chi connectivity index (χ1v) is 0.565. The van der Waals surface area contributed by atoms with Crippen LogP contribution in [0, 0.1) is 41.2 Å². The van der Waals surface area contributed by atoms with Crippen molar-refractivity contribution in [3.8, 4) is 0 Å². The Bertz CT molecular complexity index is 29.9. The molecule has 4 nitrogen and oxygen atoms in total. The standard InChI is InChI=1S/HNO3.U/c2-1(3)4;/h(H,2,3,4);/q;+4. The Hall–Kier alpha value is 0.252. The molecule has 0 atom stereocenters. The van der Waals surface area contributed by atoms with Gasteiger partial charge in [0.2, 0.25) is 0 Å². The van der Waals surface area contributed by atoms with Crippen molar-refractivity contribution in [3.05, 3.63) is 10.1 Å². The Morgan fingerprint density at radius 1 is 1.80 bits per heavy atom. The number of hydrogen-bond donors (Lipinski definition) is 1. The zero-order valence-corrected chi connectivity index (χ0v) is 6.37. The van der Waals surface area contributed by atoms with Gasteiger partial charge in [-0.2, -0.15) is 0 Å². The van der Waals surface area contributed by atoms with Gasteiger partial charge in [-0.3, -0.25) is 0 Å². The molecule has 0 aromatic heterocycles. The predicted molar refractivity (Wildman–Crippen MR) is 8.78 cm³/mol. The van der Waals surface area contributed by atoms with E-state index in [1.165, 1.54) is 0 Å². The molecule has 0 saturated carbocycles. The first-order valence-electron chi connectivity index (χ1n) is 0.565. The molecule has 0 spiro atoms. The van der Waals surface area contributed by atoms with Crippen molar-refractivity contribution in [1.82, 2.24) is 0 Å². The van der Waals surface area contributed by atoms with Gasteiger partial charge in [-0.15, -0.1) is 10.1 Å². The summed E-state index contributed by atoms with van der Waals surface area (Å²) in [5, 5.41) is 13.6. The van der Waals surface area contributed by atoms with Crippen molar-refractivity contribution < 1.29 is 41.4 Å². The second kappa shape index (κ2) is 4.25. The molecule has 0 amide bonds. The van der Waals surface area contributed by atoms with Crippen LogP contribution in [-0.4, -0.2) is 10.3 Å². The molecule has 0 saturated heterocycles. The van der Waals surface area contributed by atoms with E-state index in [4.69, 9.17) is 15.3 Å². The van der Waals surface area contributed by atoms with Gasteiger partial charge in [0.1, 0.15) is 0 Å². The predicted octanol–water partition coefficient (Wildman–Crippen LogP) is -0.348. The normalized spacial score (nSPS) is 4.80. The third-order valence-electron chi connectivity index (χ3n) is 0. The van der Waals surface area contributed by atoms with Crippen LogP contribution in [0.15, 0.2) is 0 Å². The fourth-order valence-electron chi connectivity index (χ4n) is 0. The third-order valence-corrected chi connectivity index (χ3v) is 0. The van der Waals surface area contributed by atoms with Gasteiger partial charge < -0.3 is 5.21 Å². The van der Waals surface area contributed by atoms with Crippen LogP contribution in [-0.2, 0) is 0 Å². The van der Waals surface area contributed by atoms with Crippen molar-refractivity contribution in [2.75, 3.05) is 0 Å². The van der Waals surface area contributed by atoms with E-state index in [0.717, 1.165) is 0 Å². The van der Waals surface area contributed by atoms with Crippen molar-refractivity contribution in [2.45, 2.75) is 0 Å². The van der Waals surface area contributed by atoms with Crippen LogP contribution < -0.4 is 0 Å². The van der Waals surface area contributed by atoms with Crippen LogP contribution in [0.2, 0.25) is 0 Å². The molecule has 0 aromatic rings. The molecule has 0 aliphatic heterocycles. The van der Waals surface area contributed by atoms with Crippen molar-refractivity contribution >= 4 is 0 Å². The SMILES string of the molecule is O=[N+]([O-])O.[U+4]. The molecular weight excluding hydrogens is 300 g/mol. The molecule has 0 radical (unpaired) electrons. The maximum atomic E-state index is 8.36. The molecule has 0 aliphatic rings. The fourth-order valence-corrected chi connectivity index (χ4v) is 0. The first-order chi connectivity index (χ1) is 1.73. The van der Waals surface area contributed by atoms with Crippen LogP contribution in [0.4, 0.5) is 0 Å². The van der Waals surface area contributed by atoms with Crippen molar-refractivity contribution in [3.63, 3.8) is 0 Å². The molecule has 0 aliphatic carbocycles. The van der Waals surface area contributed by atoms with E-state index < -0.39 is 5.09 Å². The minimum absolute atomic E-state index is 0. The molecule has 0 rings (SSSR count). The molecule has 5 heteroatoms. The second-order valence-electron chi connectivity index (χ2n) is 0.238. The van der Waals surface area contributed by atoms with Gasteiger partial charge in [-0.05, 0) is 0 Å². The summed E-state index contributed by atoms with van der Waals surface area (Å²) in [4.78, 5) is 8.36. The summed E-state index contributed by atoms with van der Waals surface area (Å²) >= 11 is 0. The summed E-state index contributed by atoms with van der Waals surface area (Å²) in [6.45, 7) is 0. The summed E-state index contributed by atoms with van der Waals surface area (Å²) < 4.78 is 0. The van der Waals surface area contributed by atoms with Gasteiger partial charge in [0, 0.05) is 0 Å². The third kappa shape index (κ3) is 340. The molecule has 5 heavy (non-hydrogen) atoms. The van der Waals surface area contributed by atoms with Gasteiger partial charge in [0.15, 0.2) is 0 Å². The van der Waals surface area contributed by atoms with Crippen LogP contribution >= 0.6 is 0 Å². The Labute approximate surface area is 51.7 Å². The minimum atomic E-state index is -1.50. The van der Waals surface area contributed by atoms with Gasteiger partial charge in [0.05, 0.1) is 0 Å². The van der Waals surface area contributed by atoms with Gasteiger partial charge in [-0.25, -0.2) is 0 Å². The minimum Gasteiger partial charge on any atom is -0.328 e. The molecule has 0 aromatic carbocycles. The first kappa shape index (κ1) is 8.98. The van der Waals surface area contributed by atoms with Crippen molar-refractivity contribution in [2.24, 2.45) is 0 Å². The molecule has 0 unspecified atom stereocenters. The van der Waals surface area contributed by atoms with E-state index in [0.29, 0.717) is 0 Å². The zero-order valence-electron chi connectivity index (χ0n) is 2.21. The van der Waals surface area contributed by atoms with E-state index >= 15 is 0 Å². The number of nitrogens with zero attached hydrogens (tertiary/aromatic N) is 1. The average Bonchev–Trinajstić information content (AvgIpc) is 0.811. The van der Waals surface area contributed by atoms with E-state index in [1.54, 1.807) is 0 Å². The Balaban J connectivity index is 0. The van der Waals surface area contributed by atoms with E-state index in [2.05, 4.69) is 0 Å². The van der Waals surface area contributed by atoms with Gasteiger partial charge in [0.25, 0.3) is 5.09 Å². The van der Waals surface area contributed by atoms with E-state index in [1.807, 2.05) is 0 Å². The Morgan fingerprint density at radius 2 is 1.80 bits per heavy atom. The van der Waals surface area contributed by atoms with Gasteiger partial charge in [-0.1, -0.05) is 0 Å². The fraction of sp³-hybridized carbons (Fsp3) is 0. The smallest absolute Gasteiger partial charge is 0.328 e. The summed E-state index contributed by atoms with van der Waals surface area (Å²) in [5.74, 6) is 0. The van der Waals surface area contributed by atoms with Crippen LogP contribution in [0.1, 0.15) is 0 Å².